The quantitative estimate of drug-likeness (QED) is 0.642. The number of carboxylic acids is 1. The topological polar surface area (TPSA) is 109 Å². The summed E-state index contributed by atoms with van der Waals surface area (Å²) in [5, 5.41) is 18.4. The molecule has 2 N–H and O–H groups in total. The van der Waals surface area contributed by atoms with Crippen molar-refractivity contribution in [1.82, 2.24) is 9.97 Å². The number of benzene rings is 1. The Kier molecular flexibility index (Phi) is 4.82. The molecule has 0 aliphatic heterocycles. The second-order valence-electron chi connectivity index (χ2n) is 2.98. The Labute approximate surface area is 106 Å². The Hall–Kier alpha value is -2.41. The van der Waals surface area contributed by atoms with E-state index in [-0.39, 0.29) is 11.1 Å². The van der Waals surface area contributed by atoms with Gasteiger partial charge in [-0.15, -0.1) is 0 Å². The van der Waals surface area contributed by atoms with E-state index < -0.39 is 10.9 Å². The highest BCUT2D eigenvalue weighted by Crippen LogP contribution is 2.08. The molecule has 18 heavy (non-hydrogen) atoms. The number of H-pyrrole nitrogens is 1. The molecular formula is C10H8ClN3O4. The molecule has 0 radical (unpaired) electrons. The molecule has 1 aromatic heterocycles. The molecule has 0 fully saturated rings. The van der Waals surface area contributed by atoms with Crippen LogP contribution in [0.2, 0.25) is 5.15 Å². The van der Waals surface area contributed by atoms with E-state index in [1.54, 1.807) is 30.3 Å². The number of hydrogen-bond acceptors (Lipinski definition) is 4. The number of carboxylic acid groups (broad SMARTS) is 1. The third-order valence-corrected chi connectivity index (χ3v) is 1.92. The van der Waals surface area contributed by atoms with Crippen molar-refractivity contribution in [1.29, 1.82) is 0 Å². The summed E-state index contributed by atoms with van der Waals surface area (Å²) in [6.45, 7) is 0. The second-order valence-corrected chi connectivity index (χ2v) is 3.39. The summed E-state index contributed by atoms with van der Waals surface area (Å²) in [5.74, 6) is -1.21. The van der Waals surface area contributed by atoms with Crippen molar-refractivity contribution in [3.8, 4) is 0 Å². The molecule has 0 saturated heterocycles. The van der Waals surface area contributed by atoms with Gasteiger partial charge < -0.3 is 15.2 Å². The van der Waals surface area contributed by atoms with Gasteiger partial charge in [0.2, 0.25) is 5.15 Å². The van der Waals surface area contributed by atoms with Gasteiger partial charge in [-0.3, -0.25) is 0 Å². The van der Waals surface area contributed by atoms with Crippen LogP contribution in [0, 0.1) is 10.1 Å². The van der Waals surface area contributed by atoms with E-state index in [0.29, 0.717) is 5.56 Å². The van der Waals surface area contributed by atoms with Crippen LogP contribution in [0.3, 0.4) is 0 Å². The third-order valence-electron chi connectivity index (χ3n) is 1.73. The Balaban J connectivity index is 0.000000180. The maximum absolute atomic E-state index is 10.2. The number of aromatic carboxylic acids is 1. The fourth-order valence-corrected chi connectivity index (χ4v) is 1.10. The normalized spacial score (nSPS) is 9.17. The molecule has 0 bridgehead atoms. The lowest BCUT2D eigenvalue weighted by molar-refractivity contribution is -0.393. The molecule has 0 aliphatic carbocycles. The van der Waals surface area contributed by atoms with E-state index in [1.165, 1.54) is 6.20 Å². The maximum Gasteiger partial charge on any atom is 0.433 e. The number of nitrogens with zero attached hydrogens (tertiary/aromatic N) is 2. The monoisotopic (exact) mass is 269 g/mol. The van der Waals surface area contributed by atoms with Crippen LogP contribution in [0.1, 0.15) is 10.4 Å². The van der Waals surface area contributed by atoms with E-state index in [0.717, 1.165) is 0 Å². The highest BCUT2D eigenvalue weighted by molar-refractivity contribution is 6.29. The van der Waals surface area contributed by atoms with Gasteiger partial charge in [0, 0.05) is 0 Å². The van der Waals surface area contributed by atoms with E-state index >= 15 is 0 Å². The van der Waals surface area contributed by atoms with Gasteiger partial charge in [0.15, 0.2) is 6.20 Å². The van der Waals surface area contributed by atoms with Crippen LogP contribution >= 0.6 is 11.6 Å². The highest BCUT2D eigenvalue weighted by Gasteiger charge is 2.07. The van der Waals surface area contributed by atoms with Crippen LogP contribution in [0.25, 0.3) is 0 Å². The molecule has 0 unspecified atom stereocenters. The Morgan fingerprint density at radius 1 is 1.39 bits per heavy atom. The first-order valence-electron chi connectivity index (χ1n) is 4.64. The largest absolute Gasteiger partial charge is 0.478 e. The third kappa shape index (κ3) is 4.22. The van der Waals surface area contributed by atoms with Crippen molar-refractivity contribution in [2.75, 3.05) is 0 Å². The zero-order valence-electron chi connectivity index (χ0n) is 8.91. The number of carbonyl (C=O) groups is 1. The summed E-state index contributed by atoms with van der Waals surface area (Å²) in [5.41, 5.74) is 0.331. The number of rotatable bonds is 2. The van der Waals surface area contributed by atoms with Crippen molar-refractivity contribution >= 4 is 23.5 Å². The molecule has 8 heteroatoms. The lowest BCUT2D eigenvalue weighted by atomic mass is 10.2. The number of nitro groups is 1. The fourth-order valence-electron chi connectivity index (χ4n) is 0.963. The first-order chi connectivity index (χ1) is 8.50. The molecule has 1 aromatic carbocycles. The van der Waals surface area contributed by atoms with Gasteiger partial charge in [0.1, 0.15) is 0 Å². The highest BCUT2D eigenvalue weighted by atomic mass is 35.5. The van der Waals surface area contributed by atoms with Crippen molar-refractivity contribution in [2.45, 2.75) is 0 Å². The van der Waals surface area contributed by atoms with Gasteiger partial charge in [0.05, 0.1) is 5.56 Å². The average molecular weight is 270 g/mol. The van der Waals surface area contributed by atoms with Gasteiger partial charge in [-0.1, -0.05) is 23.2 Å². The lowest BCUT2D eigenvalue weighted by Gasteiger charge is -1.88. The summed E-state index contributed by atoms with van der Waals surface area (Å²) in [6, 6.07) is 8.30. The first kappa shape index (κ1) is 13.7. The smallest absolute Gasteiger partial charge is 0.433 e. The summed E-state index contributed by atoms with van der Waals surface area (Å²) in [7, 11) is 0. The number of aromatic amines is 1. The zero-order chi connectivity index (χ0) is 13.5. The van der Waals surface area contributed by atoms with Gasteiger partial charge in [-0.05, 0) is 28.7 Å². The van der Waals surface area contributed by atoms with E-state index in [9.17, 15) is 14.9 Å². The molecule has 7 nitrogen and oxygen atoms in total. The van der Waals surface area contributed by atoms with Gasteiger partial charge in [-0.25, -0.2) is 9.78 Å². The number of halogens is 1. The number of imidazole rings is 1. The van der Waals surface area contributed by atoms with Crippen LogP contribution in [-0.2, 0) is 0 Å². The predicted molar refractivity (Wildman–Crippen MR) is 63.7 cm³/mol. The van der Waals surface area contributed by atoms with Gasteiger partial charge in [-0.2, -0.15) is 0 Å². The maximum atomic E-state index is 10.2. The molecule has 0 atom stereocenters. The van der Waals surface area contributed by atoms with Crippen LogP contribution in [-0.4, -0.2) is 26.0 Å². The summed E-state index contributed by atoms with van der Waals surface area (Å²) in [6.07, 6.45) is 1.18. The zero-order valence-corrected chi connectivity index (χ0v) is 9.66. The standard InChI is InChI=1S/C7H6O2.C3H2ClN3O2/c8-7(9)6-4-2-1-3-5-6;4-2-1-5-3(6-2)7(8)9/h1-5H,(H,8,9);1H,(H,5,6). The van der Waals surface area contributed by atoms with E-state index in [4.69, 9.17) is 16.7 Å². The van der Waals surface area contributed by atoms with Crippen molar-refractivity contribution < 1.29 is 14.8 Å². The van der Waals surface area contributed by atoms with Crippen LogP contribution in [0.4, 0.5) is 5.95 Å². The second kappa shape index (κ2) is 6.36. The molecule has 1 heterocycles. The number of hydrogen-bond donors (Lipinski definition) is 2. The molecule has 0 amide bonds. The summed E-state index contributed by atoms with van der Waals surface area (Å²) in [4.78, 5) is 25.0. The fraction of sp³-hybridized carbons (Fsp3) is 0. The predicted octanol–water partition coefficient (Wildman–Crippen LogP) is 2.36. The minimum atomic E-state index is -0.879. The molecule has 0 spiro atoms. The first-order valence-corrected chi connectivity index (χ1v) is 5.01. The lowest BCUT2D eigenvalue weighted by Crippen LogP contribution is -1.93. The van der Waals surface area contributed by atoms with Crippen LogP contribution in [0.15, 0.2) is 36.5 Å². The summed E-state index contributed by atoms with van der Waals surface area (Å²) < 4.78 is 0. The molecule has 0 aliphatic rings. The average Bonchev–Trinajstić information content (AvgIpc) is 2.78. The van der Waals surface area contributed by atoms with Crippen molar-refractivity contribution in [3.63, 3.8) is 0 Å². The van der Waals surface area contributed by atoms with Gasteiger partial charge >= 0.3 is 11.9 Å². The Morgan fingerprint density at radius 3 is 2.28 bits per heavy atom. The number of aromatic nitrogens is 2. The van der Waals surface area contributed by atoms with E-state index in [2.05, 4.69) is 9.97 Å². The number of nitrogens with one attached hydrogen (secondary N) is 1. The van der Waals surface area contributed by atoms with E-state index in [1.807, 2.05) is 0 Å². The minimum absolute atomic E-state index is 0.168. The molecule has 94 valence electrons. The van der Waals surface area contributed by atoms with Crippen molar-refractivity contribution in [3.05, 3.63) is 57.4 Å². The van der Waals surface area contributed by atoms with Crippen LogP contribution < -0.4 is 0 Å². The van der Waals surface area contributed by atoms with Crippen molar-refractivity contribution in [2.24, 2.45) is 0 Å². The Bertz CT molecular complexity index is 541. The SMILES string of the molecule is O=C(O)c1ccccc1.O=[N+]([O-])c1ncc(Cl)[nH]1. The molecule has 0 saturated carbocycles. The summed E-state index contributed by atoms with van der Waals surface area (Å²) >= 11 is 5.28. The van der Waals surface area contributed by atoms with Crippen LogP contribution in [0.5, 0.6) is 0 Å². The van der Waals surface area contributed by atoms with Gasteiger partial charge in [0.25, 0.3) is 0 Å². The Morgan fingerprint density at radius 2 is 2.00 bits per heavy atom. The molecule has 2 aromatic rings. The molecule has 2 rings (SSSR count). The minimum Gasteiger partial charge on any atom is -0.478 e. The molecular weight excluding hydrogens is 262 g/mol.